The van der Waals surface area contributed by atoms with Crippen LogP contribution in [0.15, 0.2) is 89.3 Å². The van der Waals surface area contributed by atoms with Crippen molar-refractivity contribution < 1.29 is 4.79 Å². The second-order valence-electron chi connectivity index (χ2n) is 7.89. The molecule has 0 spiro atoms. The molecule has 0 fully saturated rings. The summed E-state index contributed by atoms with van der Waals surface area (Å²) in [6.07, 6.45) is 0. The smallest absolute Gasteiger partial charge is 0.231 e. The number of hydrogen-bond acceptors (Lipinski definition) is 6. The molecule has 5 nitrogen and oxygen atoms in total. The zero-order valence-electron chi connectivity index (χ0n) is 18.6. The van der Waals surface area contributed by atoms with Crippen molar-refractivity contribution in [2.24, 2.45) is 0 Å². The summed E-state index contributed by atoms with van der Waals surface area (Å²) >= 11 is 2.83. The van der Waals surface area contributed by atoms with E-state index in [0.717, 1.165) is 21.2 Å². The van der Waals surface area contributed by atoms with Gasteiger partial charge in [0.1, 0.15) is 0 Å². The Morgan fingerprint density at radius 1 is 0.848 bits per heavy atom. The van der Waals surface area contributed by atoms with E-state index in [-0.39, 0.29) is 17.7 Å². The van der Waals surface area contributed by atoms with Gasteiger partial charge in [-0.25, -0.2) is 0 Å². The second kappa shape index (κ2) is 11.1. The third-order valence-electron chi connectivity index (χ3n) is 5.13. The Hall–Kier alpha value is -3.16. The number of hydrogen-bond donors (Lipinski definition) is 2. The molecule has 4 aromatic rings. The fourth-order valence-electron chi connectivity index (χ4n) is 3.37. The molecule has 1 heterocycles. The van der Waals surface area contributed by atoms with Crippen molar-refractivity contribution in [3.63, 3.8) is 0 Å². The average Bonchev–Trinajstić information content (AvgIpc) is 3.30. The minimum absolute atomic E-state index is 0.0494. The Morgan fingerprint density at radius 2 is 1.45 bits per heavy atom. The first-order valence-electron chi connectivity index (χ1n) is 10.8. The fraction of sp³-hybridized carbons (Fsp3) is 0.192. The van der Waals surface area contributed by atoms with E-state index in [2.05, 4.69) is 46.8 Å². The summed E-state index contributed by atoms with van der Waals surface area (Å²) in [6, 6.07) is 28.1. The Bertz CT molecular complexity index is 1120. The zero-order valence-corrected chi connectivity index (χ0v) is 20.2. The van der Waals surface area contributed by atoms with Crippen molar-refractivity contribution >= 4 is 39.8 Å². The molecule has 0 aliphatic heterocycles. The Morgan fingerprint density at radius 3 is 2.03 bits per heavy atom. The van der Waals surface area contributed by atoms with Crippen molar-refractivity contribution in [1.29, 1.82) is 0 Å². The lowest BCUT2D eigenvalue weighted by atomic mass is 9.99. The van der Waals surface area contributed by atoms with E-state index in [4.69, 9.17) is 0 Å². The van der Waals surface area contributed by atoms with Crippen LogP contribution in [0.3, 0.4) is 0 Å². The minimum atomic E-state index is -0.194. The molecule has 1 aromatic heterocycles. The maximum Gasteiger partial charge on any atom is 0.231 e. The molecule has 168 valence electrons. The number of rotatable bonds is 9. The Labute approximate surface area is 202 Å². The summed E-state index contributed by atoms with van der Waals surface area (Å²) in [4.78, 5) is 12.8. The monoisotopic (exact) mass is 474 g/mol. The summed E-state index contributed by atoms with van der Waals surface area (Å²) < 4.78 is 0.752. The van der Waals surface area contributed by atoms with Crippen LogP contribution in [-0.2, 0) is 4.79 Å². The molecule has 0 radical (unpaired) electrons. The number of nitrogens with one attached hydrogen (secondary N) is 2. The van der Waals surface area contributed by atoms with Gasteiger partial charge in [-0.05, 0) is 34.7 Å². The molecule has 3 aromatic carbocycles. The zero-order chi connectivity index (χ0) is 23.0. The molecule has 0 aliphatic carbocycles. The third-order valence-corrected chi connectivity index (χ3v) is 7.10. The van der Waals surface area contributed by atoms with Crippen molar-refractivity contribution in [2.75, 3.05) is 11.1 Å². The van der Waals surface area contributed by atoms with Crippen LogP contribution in [0.25, 0.3) is 0 Å². The topological polar surface area (TPSA) is 66.9 Å². The highest BCUT2D eigenvalue weighted by Crippen LogP contribution is 2.29. The highest BCUT2D eigenvalue weighted by Gasteiger charge is 2.17. The molecule has 7 heteroatoms. The van der Waals surface area contributed by atoms with Crippen LogP contribution in [0.2, 0.25) is 0 Å². The Balaban J connectivity index is 1.35. The first-order valence-corrected chi connectivity index (χ1v) is 12.6. The molecular weight excluding hydrogens is 448 g/mol. The minimum Gasteiger partial charge on any atom is -0.344 e. The molecule has 0 aliphatic rings. The van der Waals surface area contributed by atoms with Gasteiger partial charge in [0.2, 0.25) is 11.0 Å². The summed E-state index contributed by atoms with van der Waals surface area (Å²) in [5, 5.41) is 15.6. The lowest BCUT2D eigenvalue weighted by Gasteiger charge is -2.19. The second-order valence-corrected chi connectivity index (χ2v) is 10.1. The van der Waals surface area contributed by atoms with Gasteiger partial charge in [0.25, 0.3) is 0 Å². The van der Waals surface area contributed by atoms with Gasteiger partial charge in [0.15, 0.2) is 4.34 Å². The lowest BCUT2D eigenvalue weighted by molar-refractivity contribution is -0.119. The molecule has 33 heavy (non-hydrogen) atoms. The van der Waals surface area contributed by atoms with Crippen LogP contribution >= 0.6 is 23.1 Å². The van der Waals surface area contributed by atoms with Crippen LogP contribution < -0.4 is 10.6 Å². The van der Waals surface area contributed by atoms with Crippen molar-refractivity contribution in [3.8, 4) is 0 Å². The van der Waals surface area contributed by atoms with Crippen LogP contribution in [0.1, 0.15) is 42.5 Å². The molecule has 4 rings (SSSR count). The van der Waals surface area contributed by atoms with Gasteiger partial charge in [0, 0.05) is 5.69 Å². The maximum atomic E-state index is 12.8. The van der Waals surface area contributed by atoms with Gasteiger partial charge in [-0.1, -0.05) is 110 Å². The van der Waals surface area contributed by atoms with Gasteiger partial charge >= 0.3 is 0 Å². The van der Waals surface area contributed by atoms with E-state index < -0.39 is 0 Å². The molecule has 0 atom stereocenters. The van der Waals surface area contributed by atoms with Gasteiger partial charge in [0.05, 0.1) is 11.8 Å². The number of carbonyl (C=O) groups excluding carboxylic acids is 1. The normalized spacial score (nSPS) is 11.0. The van der Waals surface area contributed by atoms with E-state index in [1.165, 1.54) is 28.7 Å². The van der Waals surface area contributed by atoms with Crippen LogP contribution in [0.4, 0.5) is 10.8 Å². The SMILES string of the molecule is CC(C)c1ccc(Nc2nnc(SCC(=O)NC(c3ccccc3)c3ccccc3)s2)cc1. The summed E-state index contributed by atoms with van der Waals surface area (Å²) in [6.45, 7) is 4.35. The number of anilines is 2. The third kappa shape index (κ3) is 6.43. The number of nitrogens with zero attached hydrogens (tertiary/aromatic N) is 2. The van der Waals surface area contributed by atoms with Crippen LogP contribution in [0, 0.1) is 0 Å². The number of amides is 1. The molecule has 0 saturated carbocycles. The highest BCUT2D eigenvalue weighted by atomic mass is 32.2. The molecule has 2 N–H and O–H groups in total. The van der Waals surface area contributed by atoms with E-state index in [0.29, 0.717) is 11.0 Å². The molecule has 0 saturated heterocycles. The molecule has 1 amide bonds. The number of thioether (sulfide) groups is 1. The van der Waals surface area contributed by atoms with Crippen LogP contribution in [-0.4, -0.2) is 21.9 Å². The van der Waals surface area contributed by atoms with Crippen molar-refractivity contribution in [2.45, 2.75) is 30.1 Å². The summed E-state index contributed by atoms with van der Waals surface area (Å²) in [5.74, 6) is 0.721. The first kappa shape index (κ1) is 23.0. The van der Waals surface area contributed by atoms with Gasteiger partial charge in [-0.2, -0.15) is 0 Å². The first-order chi connectivity index (χ1) is 16.1. The molecular formula is C26H26N4OS2. The standard InChI is InChI=1S/C26H26N4OS2/c1-18(2)19-13-15-22(16-14-19)27-25-29-30-26(33-25)32-17-23(31)28-24(20-9-5-3-6-10-20)21-11-7-4-8-12-21/h3-16,18,24H,17H2,1-2H3,(H,27,29)(H,28,31). The average molecular weight is 475 g/mol. The number of carbonyl (C=O) groups is 1. The summed E-state index contributed by atoms with van der Waals surface area (Å²) in [7, 11) is 0. The number of benzene rings is 3. The van der Waals surface area contributed by atoms with E-state index in [1.54, 1.807) is 0 Å². The predicted octanol–water partition coefficient (Wildman–Crippen LogP) is 6.40. The van der Waals surface area contributed by atoms with Crippen LogP contribution in [0.5, 0.6) is 0 Å². The quantitative estimate of drug-likeness (QED) is 0.275. The van der Waals surface area contributed by atoms with Gasteiger partial charge in [-0.15, -0.1) is 10.2 Å². The van der Waals surface area contributed by atoms with Gasteiger partial charge < -0.3 is 10.6 Å². The van der Waals surface area contributed by atoms with E-state index in [1.807, 2.05) is 72.8 Å². The fourth-order valence-corrected chi connectivity index (χ4v) is 4.96. The predicted molar refractivity (Wildman–Crippen MR) is 137 cm³/mol. The Kier molecular flexibility index (Phi) is 7.75. The summed E-state index contributed by atoms with van der Waals surface area (Å²) in [5.41, 5.74) is 4.36. The molecule has 0 bridgehead atoms. The largest absolute Gasteiger partial charge is 0.344 e. The lowest BCUT2D eigenvalue weighted by Crippen LogP contribution is -2.30. The van der Waals surface area contributed by atoms with Crippen molar-refractivity contribution in [1.82, 2.24) is 15.5 Å². The maximum absolute atomic E-state index is 12.8. The highest BCUT2D eigenvalue weighted by molar-refractivity contribution is 8.01. The van der Waals surface area contributed by atoms with Crippen molar-refractivity contribution in [3.05, 3.63) is 102 Å². The van der Waals surface area contributed by atoms with Gasteiger partial charge in [-0.3, -0.25) is 4.79 Å². The van der Waals surface area contributed by atoms with E-state index in [9.17, 15) is 4.79 Å². The number of aromatic nitrogens is 2. The van der Waals surface area contributed by atoms with E-state index >= 15 is 0 Å². The molecule has 0 unspecified atom stereocenters.